The third-order valence-electron chi connectivity index (χ3n) is 4.53. The smallest absolute Gasteiger partial charge is 0.341 e. The normalized spacial score (nSPS) is 16.4. The molecule has 8 nitrogen and oxygen atoms in total. The number of carboxylic acid groups (broad SMARTS) is 1. The number of nitrogens with one attached hydrogen (secondary N) is 1. The van der Waals surface area contributed by atoms with Gasteiger partial charge in [0.05, 0.1) is 24.8 Å². The van der Waals surface area contributed by atoms with E-state index in [9.17, 15) is 15.0 Å². The number of aromatic carboxylic acids is 1. The number of hydrogen-bond donors (Lipinski definition) is 3. The van der Waals surface area contributed by atoms with Crippen LogP contribution in [0.4, 0.5) is 11.8 Å². The van der Waals surface area contributed by atoms with E-state index in [1.54, 1.807) is 19.2 Å². The van der Waals surface area contributed by atoms with Gasteiger partial charge in [-0.1, -0.05) is 17.7 Å². The predicted molar refractivity (Wildman–Crippen MR) is 102 cm³/mol. The van der Waals surface area contributed by atoms with Gasteiger partial charge in [0.25, 0.3) is 0 Å². The summed E-state index contributed by atoms with van der Waals surface area (Å²) < 4.78 is 5.13. The van der Waals surface area contributed by atoms with E-state index < -0.39 is 5.97 Å². The molecule has 0 unspecified atom stereocenters. The Hall–Kier alpha value is -2.58. The first-order chi connectivity index (χ1) is 13.0. The Labute approximate surface area is 161 Å². The van der Waals surface area contributed by atoms with Crippen LogP contribution in [0.3, 0.4) is 0 Å². The Balaban J connectivity index is 1.83. The van der Waals surface area contributed by atoms with Crippen LogP contribution in [0.5, 0.6) is 5.75 Å². The Morgan fingerprint density at radius 2 is 2.30 bits per heavy atom. The number of benzene rings is 1. The highest BCUT2D eigenvalue weighted by molar-refractivity contribution is 6.32. The molecule has 0 saturated carbocycles. The van der Waals surface area contributed by atoms with Crippen molar-refractivity contribution in [2.45, 2.75) is 25.4 Å². The molecule has 1 saturated heterocycles. The average molecular weight is 393 g/mol. The maximum absolute atomic E-state index is 11.5. The summed E-state index contributed by atoms with van der Waals surface area (Å²) in [4.78, 5) is 22.0. The lowest BCUT2D eigenvalue weighted by Crippen LogP contribution is -2.33. The zero-order chi connectivity index (χ0) is 19.4. The molecule has 0 radical (unpaired) electrons. The molecular weight excluding hydrogens is 372 g/mol. The zero-order valence-electron chi connectivity index (χ0n) is 14.9. The first-order valence-corrected chi connectivity index (χ1v) is 8.95. The van der Waals surface area contributed by atoms with Crippen molar-refractivity contribution in [1.29, 1.82) is 0 Å². The lowest BCUT2D eigenvalue weighted by Gasteiger charge is -2.23. The molecule has 2 aromatic rings. The molecule has 3 rings (SSSR count). The molecule has 1 fully saturated rings. The number of aliphatic hydroxyl groups is 1. The zero-order valence-corrected chi connectivity index (χ0v) is 15.6. The van der Waals surface area contributed by atoms with Crippen molar-refractivity contribution in [2.75, 3.05) is 30.5 Å². The summed E-state index contributed by atoms with van der Waals surface area (Å²) in [6.07, 6.45) is 3.08. The summed E-state index contributed by atoms with van der Waals surface area (Å²) in [5, 5.41) is 22.4. The van der Waals surface area contributed by atoms with E-state index in [-0.39, 0.29) is 24.0 Å². The van der Waals surface area contributed by atoms with Gasteiger partial charge in [0.1, 0.15) is 17.1 Å². The minimum atomic E-state index is -1.11. The molecule has 0 bridgehead atoms. The van der Waals surface area contributed by atoms with Crippen LogP contribution in [0.2, 0.25) is 5.02 Å². The van der Waals surface area contributed by atoms with Crippen LogP contribution in [0.1, 0.15) is 28.8 Å². The van der Waals surface area contributed by atoms with Gasteiger partial charge >= 0.3 is 5.97 Å². The highest BCUT2D eigenvalue weighted by Gasteiger charge is 2.27. The number of methoxy groups -OCH3 is 1. The van der Waals surface area contributed by atoms with E-state index in [1.807, 2.05) is 11.0 Å². The van der Waals surface area contributed by atoms with Gasteiger partial charge < -0.3 is 25.2 Å². The van der Waals surface area contributed by atoms with Crippen LogP contribution >= 0.6 is 11.6 Å². The maximum Gasteiger partial charge on any atom is 0.341 e. The minimum Gasteiger partial charge on any atom is -0.495 e. The van der Waals surface area contributed by atoms with Gasteiger partial charge in [0, 0.05) is 19.3 Å². The van der Waals surface area contributed by atoms with Crippen LogP contribution in [-0.4, -0.2) is 52.5 Å². The molecule has 1 aromatic heterocycles. The van der Waals surface area contributed by atoms with Crippen molar-refractivity contribution in [2.24, 2.45) is 0 Å². The molecule has 0 amide bonds. The predicted octanol–water partition coefficient (Wildman–Crippen LogP) is 2.41. The molecule has 3 N–H and O–H groups in total. The molecule has 9 heteroatoms. The molecular formula is C18H21ClN4O4. The van der Waals surface area contributed by atoms with Crippen LogP contribution < -0.4 is 15.0 Å². The Bertz CT molecular complexity index is 833. The molecule has 1 aliphatic rings. The number of aliphatic hydroxyl groups excluding tert-OH is 1. The standard InChI is InChI=1S/C18H21ClN4O4/c1-27-15-5-4-11(7-14(15)19)8-20-16-13(17(25)26)9-21-18(22-16)23-6-2-3-12(23)10-24/h4-5,7,9,12,24H,2-3,6,8,10H2,1H3,(H,25,26)(H,20,21,22)/t12-/m1/s1. The molecule has 1 aromatic carbocycles. The van der Waals surface area contributed by atoms with E-state index in [0.29, 0.717) is 23.3 Å². The second-order valence-electron chi connectivity index (χ2n) is 6.23. The highest BCUT2D eigenvalue weighted by Crippen LogP contribution is 2.27. The van der Waals surface area contributed by atoms with E-state index >= 15 is 0 Å². The van der Waals surface area contributed by atoms with Crippen LogP contribution in [-0.2, 0) is 6.54 Å². The molecule has 0 spiro atoms. The fraction of sp³-hybridized carbons (Fsp3) is 0.389. The van der Waals surface area contributed by atoms with Crippen molar-refractivity contribution in [3.63, 3.8) is 0 Å². The summed E-state index contributed by atoms with van der Waals surface area (Å²) >= 11 is 6.13. The fourth-order valence-electron chi connectivity index (χ4n) is 3.10. The van der Waals surface area contributed by atoms with Gasteiger partial charge in [-0.25, -0.2) is 9.78 Å². The first-order valence-electron chi connectivity index (χ1n) is 8.57. The van der Waals surface area contributed by atoms with Crippen LogP contribution in [0, 0.1) is 0 Å². The summed E-state index contributed by atoms with van der Waals surface area (Å²) in [6, 6.07) is 5.29. The average Bonchev–Trinajstić information content (AvgIpc) is 3.15. The minimum absolute atomic E-state index is 0.0111. The number of halogens is 1. The second kappa shape index (κ2) is 8.41. The number of rotatable bonds is 7. The Morgan fingerprint density at radius 1 is 1.48 bits per heavy atom. The largest absolute Gasteiger partial charge is 0.495 e. The SMILES string of the molecule is COc1ccc(CNc2nc(N3CCC[C@@H]3CO)ncc2C(=O)O)cc1Cl. The van der Waals surface area contributed by atoms with E-state index in [2.05, 4.69) is 15.3 Å². The number of carbonyl (C=O) groups is 1. The molecule has 144 valence electrons. The lowest BCUT2D eigenvalue weighted by atomic mass is 10.2. The third-order valence-corrected chi connectivity index (χ3v) is 4.82. The van der Waals surface area contributed by atoms with E-state index in [0.717, 1.165) is 24.9 Å². The third kappa shape index (κ3) is 4.23. The molecule has 1 aliphatic heterocycles. The fourth-order valence-corrected chi connectivity index (χ4v) is 3.38. The van der Waals surface area contributed by atoms with Crippen molar-refractivity contribution in [3.05, 3.63) is 40.5 Å². The van der Waals surface area contributed by atoms with Gasteiger partial charge in [-0.2, -0.15) is 4.98 Å². The molecule has 27 heavy (non-hydrogen) atoms. The summed E-state index contributed by atoms with van der Waals surface area (Å²) in [5.74, 6) is 0.0897. The number of ether oxygens (including phenoxy) is 1. The van der Waals surface area contributed by atoms with E-state index in [4.69, 9.17) is 16.3 Å². The lowest BCUT2D eigenvalue weighted by molar-refractivity contribution is 0.0697. The van der Waals surface area contributed by atoms with Crippen molar-refractivity contribution in [3.8, 4) is 5.75 Å². The monoisotopic (exact) mass is 392 g/mol. The first kappa shape index (κ1) is 19.2. The molecule has 0 aliphatic carbocycles. The van der Waals surface area contributed by atoms with Gasteiger partial charge in [0.2, 0.25) is 5.95 Å². The highest BCUT2D eigenvalue weighted by atomic mass is 35.5. The maximum atomic E-state index is 11.5. The number of hydrogen-bond acceptors (Lipinski definition) is 7. The summed E-state index contributed by atoms with van der Waals surface area (Å²) in [6.45, 7) is 1.08. The van der Waals surface area contributed by atoms with Gasteiger partial charge in [0.15, 0.2) is 0 Å². The number of carboxylic acids is 1. The van der Waals surface area contributed by atoms with Crippen molar-refractivity contribution in [1.82, 2.24) is 9.97 Å². The number of anilines is 2. The summed E-state index contributed by atoms with van der Waals surface area (Å²) in [7, 11) is 1.54. The Morgan fingerprint density at radius 3 is 2.96 bits per heavy atom. The van der Waals surface area contributed by atoms with Crippen molar-refractivity contribution >= 4 is 29.3 Å². The quantitative estimate of drug-likeness (QED) is 0.659. The molecule has 2 heterocycles. The topological polar surface area (TPSA) is 108 Å². The molecule has 1 atom stereocenters. The van der Waals surface area contributed by atoms with Crippen LogP contribution in [0.15, 0.2) is 24.4 Å². The van der Waals surface area contributed by atoms with Gasteiger partial charge in [-0.15, -0.1) is 0 Å². The van der Waals surface area contributed by atoms with Gasteiger partial charge in [-0.3, -0.25) is 0 Å². The van der Waals surface area contributed by atoms with E-state index in [1.165, 1.54) is 6.20 Å². The van der Waals surface area contributed by atoms with Crippen LogP contribution in [0.25, 0.3) is 0 Å². The van der Waals surface area contributed by atoms with Crippen molar-refractivity contribution < 1.29 is 19.7 Å². The number of aromatic nitrogens is 2. The second-order valence-corrected chi connectivity index (χ2v) is 6.64. The van der Waals surface area contributed by atoms with Gasteiger partial charge in [-0.05, 0) is 30.5 Å². The summed E-state index contributed by atoms with van der Waals surface area (Å²) in [5.41, 5.74) is 0.838. The Kier molecular flexibility index (Phi) is 5.98. The number of nitrogens with zero attached hydrogens (tertiary/aromatic N) is 3.